The number of carbonyl (C=O) groups is 3. The highest BCUT2D eigenvalue weighted by Gasteiger charge is 2.38. The van der Waals surface area contributed by atoms with Crippen molar-refractivity contribution >= 4 is 18.0 Å². The van der Waals surface area contributed by atoms with Crippen molar-refractivity contribution in [2.24, 2.45) is 17.3 Å². The number of alkyl carbamates (subject to hydrolysis) is 1. The van der Waals surface area contributed by atoms with Gasteiger partial charge < -0.3 is 20.1 Å². The summed E-state index contributed by atoms with van der Waals surface area (Å²) in [5, 5.41) is 12.1. The average molecular weight is 465 g/mol. The summed E-state index contributed by atoms with van der Waals surface area (Å²) in [6.07, 6.45) is -0.112. The summed E-state index contributed by atoms with van der Waals surface area (Å²) in [4.78, 5) is 38.7. The fraction of sp³-hybridized carbons (Fsp3) is 0.444. The molecule has 1 heterocycles. The van der Waals surface area contributed by atoms with Crippen molar-refractivity contribution in [3.63, 3.8) is 0 Å². The predicted octanol–water partition coefficient (Wildman–Crippen LogP) is 4.12. The molecule has 0 radical (unpaired) electrons. The molecule has 2 aromatic rings. The number of piperidine rings is 1. The third-order valence-electron chi connectivity index (χ3n) is 7.11. The number of likely N-dealkylation sites (tertiary alicyclic amines) is 1. The van der Waals surface area contributed by atoms with Gasteiger partial charge in [0.1, 0.15) is 6.61 Å². The van der Waals surface area contributed by atoms with Crippen LogP contribution in [0.15, 0.2) is 48.5 Å². The molecule has 180 valence electrons. The molecule has 2 unspecified atom stereocenters. The van der Waals surface area contributed by atoms with E-state index in [1.807, 2.05) is 31.2 Å². The molecule has 1 aliphatic carbocycles. The van der Waals surface area contributed by atoms with E-state index in [0.717, 1.165) is 11.1 Å². The number of carboxylic acid groups (broad SMARTS) is 1. The summed E-state index contributed by atoms with van der Waals surface area (Å²) in [5.74, 6) is -1.46. The highest BCUT2D eigenvalue weighted by Crippen LogP contribution is 2.44. The Morgan fingerprint density at radius 3 is 2.21 bits per heavy atom. The molecule has 1 aliphatic heterocycles. The molecule has 34 heavy (non-hydrogen) atoms. The maximum Gasteiger partial charge on any atom is 0.407 e. The number of nitrogens with zero attached hydrogens (tertiary/aromatic N) is 1. The van der Waals surface area contributed by atoms with Gasteiger partial charge in [-0.25, -0.2) is 4.79 Å². The zero-order valence-corrected chi connectivity index (χ0v) is 19.9. The van der Waals surface area contributed by atoms with E-state index in [2.05, 4.69) is 29.6 Å². The van der Waals surface area contributed by atoms with Crippen LogP contribution in [-0.4, -0.2) is 54.2 Å². The second kappa shape index (κ2) is 9.49. The van der Waals surface area contributed by atoms with E-state index in [1.165, 1.54) is 11.1 Å². The Hall–Kier alpha value is -3.35. The van der Waals surface area contributed by atoms with Crippen LogP contribution in [0.3, 0.4) is 0 Å². The normalized spacial score (nSPS) is 19.8. The molecule has 0 spiro atoms. The van der Waals surface area contributed by atoms with Gasteiger partial charge in [-0.3, -0.25) is 9.59 Å². The first kappa shape index (κ1) is 23.8. The first-order valence-electron chi connectivity index (χ1n) is 11.8. The number of nitrogens with one attached hydrogen (secondary N) is 1. The van der Waals surface area contributed by atoms with Crippen molar-refractivity contribution in [1.29, 1.82) is 0 Å². The van der Waals surface area contributed by atoms with E-state index < -0.39 is 23.4 Å². The molecule has 1 saturated heterocycles. The summed E-state index contributed by atoms with van der Waals surface area (Å²) >= 11 is 0. The Kier molecular flexibility index (Phi) is 6.64. The molecule has 0 bridgehead atoms. The number of aliphatic carboxylic acids is 1. The molecule has 2 amide bonds. The predicted molar refractivity (Wildman–Crippen MR) is 128 cm³/mol. The van der Waals surface area contributed by atoms with Crippen LogP contribution in [-0.2, 0) is 14.3 Å². The first-order chi connectivity index (χ1) is 16.2. The Morgan fingerprint density at radius 1 is 1.06 bits per heavy atom. The lowest BCUT2D eigenvalue weighted by Gasteiger charge is -2.39. The number of hydrogen-bond acceptors (Lipinski definition) is 4. The molecule has 4 rings (SSSR count). The van der Waals surface area contributed by atoms with Crippen molar-refractivity contribution in [3.05, 3.63) is 59.7 Å². The molecule has 2 atom stereocenters. The van der Waals surface area contributed by atoms with Gasteiger partial charge >= 0.3 is 12.1 Å². The smallest absolute Gasteiger partial charge is 0.407 e. The number of benzene rings is 2. The van der Waals surface area contributed by atoms with E-state index in [-0.39, 0.29) is 30.9 Å². The van der Waals surface area contributed by atoms with Crippen LogP contribution in [0.5, 0.6) is 0 Å². The molecule has 7 heteroatoms. The minimum Gasteiger partial charge on any atom is -0.481 e. The molecule has 0 saturated carbocycles. The van der Waals surface area contributed by atoms with Gasteiger partial charge in [0.05, 0.1) is 11.3 Å². The van der Waals surface area contributed by atoms with Crippen LogP contribution < -0.4 is 5.32 Å². The Morgan fingerprint density at radius 2 is 1.65 bits per heavy atom. The molecule has 2 aromatic carbocycles. The van der Waals surface area contributed by atoms with Crippen molar-refractivity contribution < 1.29 is 24.2 Å². The minimum absolute atomic E-state index is 0.0233. The molecule has 1 fully saturated rings. The van der Waals surface area contributed by atoms with Crippen LogP contribution in [0, 0.1) is 17.3 Å². The number of rotatable bonds is 6. The molecular weight excluding hydrogens is 432 g/mol. The fourth-order valence-corrected chi connectivity index (χ4v) is 5.14. The van der Waals surface area contributed by atoms with Gasteiger partial charge in [-0.1, -0.05) is 55.5 Å². The minimum atomic E-state index is -0.832. The Balaban J connectivity index is 1.32. The lowest BCUT2D eigenvalue weighted by molar-refractivity contribution is -0.151. The van der Waals surface area contributed by atoms with Crippen LogP contribution in [0.2, 0.25) is 0 Å². The quantitative estimate of drug-likeness (QED) is 0.670. The summed E-state index contributed by atoms with van der Waals surface area (Å²) in [6, 6.07) is 16.3. The molecule has 2 aliphatic rings. The van der Waals surface area contributed by atoms with Crippen LogP contribution in [0.1, 0.15) is 44.2 Å². The van der Waals surface area contributed by atoms with E-state index >= 15 is 0 Å². The van der Waals surface area contributed by atoms with Crippen LogP contribution in [0.25, 0.3) is 11.1 Å². The van der Waals surface area contributed by atoms with Crippen molar-refractivity contribution in [3.8, 4) is 11.1 Å². The SMILES string of the molecule is CC1CN(C(=O)C(C)(C)CNC(=O)OCC2c3ccccc3-c3ccccc32)CCC1C(=O)O. The summed E-state index contributed by atoms with van der Waals surface area (Å²) in [5.41, 5.74) is 3.79. The van der Waals surface area contributed by atoms with Crippen molar-refractivity contribution in [2.75, 3.05) is 26.2 Å². The Bertz CT molecular complexity index is 1050. The molecule has 0 aromatic heterocycles. The highest BCUT2D eigenvalue weighted by molar-refractivity contribution is 5.83. The third-order valence-corrected chi connectivity index (χ3v) is 7.11. The van der Waals surface area contributed by atoms with Gasteiger partial charge in [0, 0.05) is 25.6 Å². The van der Waals surface area contributed by atoms with Crippen LogP contribution in [0.4, 0.5) is 4.79 Å². The second-order valence-electron chi connectivity index (χ2n) is 10.0. The zero-order chi connectivity index (χ0) is 24.5. The number of hydrogen-bond donors (Lipinski definition) is 2. The molecular formula is C27H32N2O5. The number of carbonyl (C=O) groups excluding carboxylic acids is 2. The second-order valence-corrected chi connectivity index (χ2v) is 10.0. The van der Waals surface area contributed by atoms with Gasteiger partial charge in [-0.05, 0) is 48.4 Å². The van der Waals surface area contributed by atoms with Gasteiger partial charge in [-0.15, -0.1) is 0 Å². The molecule has 7 nitrogen and oxygen atoms in total. The topological polar surface area (TPSA) is 95.9 Å². The maximum atomic E-state index is 13.1. The van der Waals surface area contributed by atoms with Gasteiger partial charge in [-0.2, -0.15) is 0 Å². The maximum absolute atomic E-state index is 13.1. The monoisotopic (exact) mass is 464 g/mol. The van der Waals surface area contributed by atoms with Gasteiger partial charge in [0.15, 0.2) is 0 Å². The fourth-order valence-electron chi connectivity index (χ4n) is 5.14. The van der Waals surface area contributed by atoms with Crippen molar-refractivity contribution in [2.45, 2.75) is 33.1 Å². The average Bonchev–Trinajstić information content (AvgIpc) is 3.14. The zero-order valence-electron chi connectivity index (χ0n) is 19.9. The lowest BCUT2D eigenvalue weighted by Crippen LogP contribution is -2.52. The third kappa shape index (κ3) is 4.65. The van der Waals surface area contributed by atoms with Gasteiger partial charge in [0.25, 0.3) is 0 Å². The summed E-state index contributed by atoms with van der Waals surface area (Å²) in [6.45, 7) is 6.60. The van der Waals surface area contributed by atoms with Gasteiger partial charge in [0.2, 0.25) is 5.91 Å². The number of fused-ring (bicyclic) bond motifs is 3. The lowest BCUT2D eigenvalue weighted by atomic mass is 9.84. The highest BCUT2D eigenvalue weighted by atomic mass is 16.5. The van der Waals surface area contributed by atoms with Crippen molar-refractivity contribution in [1.82, 2.24) is 10.2 Å². The first-order valence-corrected chi connectivity index (χ1v) is 11.8. The molecule has 2 N–H and O–H groups in total. The largest absolute Gasteiger partial charge is 0.481 e. The van der Waals surface area contributed by atoms with E-state index in [1.54, 1.807) is 18.7 Å². The van der Waals surface area contributed by atoms with E-state index in [4.69, 9.17) is 4.74 Å². The number of amides is 2. The number of carboxylic acids is 1. The number of ether oxygens (including phenoxy) is 1. The Labute approximate surface area is 200 Å². The van der Waals surface area contributed by atoms with Crippen LogP contribution >= 0.6 is 0 Å². The summed E-state index contributed by atoms with van der Waals surface area (Å²) in [7, 11) is 0. The van der Waals surface area contributed by atoms with E-state index in [0.29, 0.717) is 19.5 Å². The standard InChI is InChI=1S/C27H32N2O5/c1-17-14-29(13-12-18(17)24(30)31)25(32)27(2,3)16-28-26(33)34-15-23-21-10-6-4-8-19(21)20-9-5-7-11-22(20)23/h4-11,17-18,23H,12-16H2,1-3H3,(H,28,33)(H,30,31). The summed E-state index contributed by atoms with van der Waals surface area (Å²) < 4.78 is 5.58. The van der Waals surface area contributed by atoms with E-state index in [9.17, 15) is 19.5 Å².